The van der Waals surface area contributed by atoms with E-state index in [2.05, 4.69) is 56.9 Å². The van der Waals surface area contributed by atoms with Crippen molar-refractivity contribution < 1.29 is 32.9 Å². The molecule has 4 aromatic heterocycles. The number of aromatic nitrogens is 4. The van der Waals surface area contributed by atoms with Gasteiger partial charge in [-0.3, -0.25) is 0 Å². The molecule has 0 bridgehead atoms. The SMILES string of the molecule is COC(=O)c1cn(C)c2cc(C3CCN(CCc4c(-c5c(Cl)cccc5Cl)noc4C4CC4)CC3)ccc12.COC(=O)c1cn(C)c2cc(C3CCNCC3)ccc12.O=CCc1c(-c2c(Cl)cccc2Cl)noc1C1CC1. The molecule has 4 aliphatic rings. The average Bonchev–Trinajstić information content (AvgIpc) is 4.38. The molecule has 1 N–H and O–H groups in total. The largest absolute Gasteiger partial charge is 0.465 e. The van der Waals surface area contributed by atoms with Crippen LogP contribution in [0.15, 0.2) is 94.2 Å². The summed E-state index contributed by atoms with van der Waals surface area (Å²) >= 11 is 25.4. The molecule has 0 unspecified atom stereocenters. The summed E-state index contributed by atoms with van der Waals surface area (Å²) in [5.41, 5.74) is 10.9. The third kappa shape index (κ3) is 11.8. The molecule has 77 heavy (non-hydrogen) atoms. The molecule has 0 atom stereocenters. The fraction of sp³-hybridized carbons (Fsp3) is 0.383. The lowest BCUT2D eigenvalue weighted by atomic mass is 9.88. The number of nitrogens with zero attached hydrogens (tertiary/aromatic N) is 5. The van der Waals surface area contributed by atoms with Crippen LogP contribution < -0.4 is 5.32 Å². The van der Waals surface area contributed by atoms with Gasteiger partial charge in [0, 0.05) is 95.4 Å². The van der Waals surface area contributed by atoms with Gasteiger partial charge in [-0.15, -0.1) is 0 Å². The van der Waals surface area contributed by atoms with Crippen molar-refractivity contribution in [2.75, 3.05) is 46.9 Å². The molecule has 2 aliphatic heterocycles. The Bertz CT molecular complexity index is 3410. The maximum atomic E-state index is 12.1. The Morgan fingerprint density at radius 3 is 1.51 bits per heavy atom. The Morgan fingerprint density at radius 1 is 0.623 bits per heavy atom. The average molecular weight is 1120 g/mol. The van der Waals surface area contributed by atoms with E-state index in [0.717, 1.165) is 140 Å². The molecule has 6 heterocycles. The van der Waals surface area contributed by atoms with Gasteiger partial charge < -0.3 is 42.7 Å². The summed E-state index contributed by atoms with van der Waals surface area (Å²) in [5.74, 6) is 3.22. The van der Waals surface area contributed by atoms with E-state index < -0.39 is 0 Å². The quantitative estimate of drug-likeness (QED) is 0.0869. The summed E-state index contributed by atoms with van der Waals surface area (Å²) in [4.78, 5) is 37.3. The minimum absolute atomic E-state index is 0.270. The molecule has 0 radical (unpaired) electrons. The van der Waals surface area contributed by atoms with Crippen molar-refractivity contribution >= 4 is 86.4 Å². The van der Waals surface area contributed by atoms with Crippen molar-refractivity contribution in [2.24, 2.45) is 14.1 Å². The number of carbonyl (C=O) groups excluding carboxylic acids is 3. The highest BCUT2D eigenvalue weighted by atomic mass is 35.5. The molecule has 402 valence electrons. The Balaban J connectivity index is 0.000000145. The Labute approximate surface area is 468 Å². The van der Waals surface area contributed by atoms with Gasteiger partial charge in [-0.1, -0.05) is 93.1 Å². The number of ether oxygens (including phenoxy) is 2. The molecule has 12 rings (SSSR count). The minimum Gasteiger partial charge on any atom is -0.465 e. The zero-order valence-corrected chi connectivity index (χ0v) is 46.7. The third-order valence-corrected chi connectivity index (χ3v) is 16.9. The summed E-state index contributed by atoms with van der Waals surface area (Å²) in [6.07, 6.45) is 14.7. The molecular weight excluding hydrogens is 1060 g/mol. The molecule has 0 amide bonds. The number of benzene rings is 4. The van der Waals surface area contributed by atoms with E-state index in [4.69, 9.17) is 64.9 Å². The van der Waals surface area contributed by atoms with E-state index in [1.807, 2.05) is 53.8 Å². The van der Waals surface area contributed by atoms with Crippen molar-refractivity contribution in [1.29, 1.82) is 0 Å². The van der Waals surface area contributed by atoms with Gasteiger partial charge in [-0.2, -0.15) is 0 Å². The van der Waals surface area contributed by atoms with Crippen LogP contribution in [0.2, 0.25) is 20.1 Å². The number of nitrogens with one attached hydrogen (secondary N) is 1. The number of rotatable bonds is 13. The fourth-order valence-electron chi connectivity index (χ4n) is 11.1. The molecule has 2 saturated carbocycles. The van der Waals surface area contributed by atoms with Crippen LogP contribution in [0.25, 0.3) is 44.3 Å². The number of fused-ring (bicyclic) bond motifs is 2. The molecule has 4 aromatic carbocycles. The number of piperidine rings is 2. The monoisotopic (exact) mass is 1120 g/mol. The van der Waals surface area contributed by atoms with Crippen molar-refractivity contribution in [3.8, 4) is 22.5 Å². The highest BCUT2D eigenvalue weighted by Crippen LogP contribution is 2.48. The Hall–Kier alpha value is -5.93. The molecule has 4 fully saturated rings. The first-order chi connectivity index (χ1) is 37.4. The molecule has 8 aromatic rings. The normalized spacial score (nSPS) is 16.2. The van der Waals surface area contributed by atoms with Gasteiger partial charge in [-0.05, 0) is 143 Å². The lowest BCUT2D eigenvalue weighted by Crippen LogP contribution is -2.34. The van der Waals surface area contributed by atoms with E-state index in [1.54, 1.807) is 18.2 Å². The highest BCUT2D eigenvalue weighted by Gasteiger charge is 2.35. The standard InChI is InChI=1S/C30H31Cl2N3O3.C16H20N2O2.C14H11Cl2NO2/c1-34-17-23(30(36)37-2)21-9-8-20(16-26(21)34)18-10-13-35(14-11-18)15-12-22-28(33-38-29(22)19-6-7-19)27-24(31)4-3-5-25(27)32;1-18-10-14(16(19)20-2)13-4-3-12(9-15(13)18)11-5-7-17-8-6-11;15-10-2-1-3-11(16)12(10)13-9(6-7-18)14(19-17-13)8-4-5-8/h3-5,8-9,16-19H,6-7,10-15H2,1-2H3;3-4,9-11,17H,5-8H2,1-2H3;1-3,7-8H,4-6H2. The van der Waals surface area contributed by atoms with E-state index in [9.17, 15) is 14.4 Å². The van der Waals surface area contributed by atoms with Crippen LogP contribution in [-0.2, 0) is 41.2 Å². The van der Waals surface area contributed by atoms with E-state index in [1.165, 1.54) is 38.2 Å². The summed E-state index contributed by atoms with van der Waals surface area (Å²) in [6, 6.07) is 23.7. The van der Waals surface area contributed by atoms with Crippen molar-refractivity contribution in [1.82, 2.24) is 29.7 Å². The smallest absolute Gasteiger partial charge is 0.340 e. The van der Waals surface area contributed by atoms with Crippen LogP contribution in [0, 0.1) is 0 Å². The first kappa shape index (κ1) is 54.4. The second-order valence-electron chi connectivity index (χ2n) is 20.6. The number of esters is 2. The number of aldehydes is 1. The van der Waals surface area contributed by atoms with Gasteiger partial charge in [0.05, 0.1) is 45.4 Å². The van der Waals surface area contributed by atoms with Crippen molar-refractivity contribution in [3.05, 3.63) is 150 Å². The first-order valence-corrected chi connectivity index (χ1v) is 27.9. The Kier molecular flexibility index (Phi) is 16.9. The number of hydrogen-bond donors (Lipinski definition) is 1. The number of methoxy groups -OCH3 is 2. The number of hydrogen-bond acceptors (Lipinski definition) is 11. The molecular formula is C60H62Cl4N6O7. The van der Waals surface area contributed by atoms with Gasteiger partial charge in [-0.25, -0.2) is 9.59 Å². The predicted molar refractivity (Wildman–Crippen MR) is 303 cm³/mol. The predicted octanol–water partition coefficient (Wildman–Crippen LogP) is 13.9. The molecule has 13 nitrogen and oxygen atoms in total. The van der Waals surface area contributed by atoms with Gasteiger partial charge in [0.2, 0.25) is 0 Å². The second kappa shape index (κ2) is 24.0. The first-order valence-electron chi connectivity index (χ1n) is 26.4. The molecule has 17 heteroatoms. The van der Waals surface area contributed by atoms with Crippen LogP contribution in [0.4, 0.5) is 0 Å². The Morgan fingerprint density at radius 2 is 1.06 bits per heavy atom. The molecule has 2 saturated heterocycles. The summed E-state index contributed by atoms with van der Waals surface area (Å²) < 4.78 is 25.1. The minimum atomic E-state index is -0.297. The zero-order chi connectivity index (χ0) is 53.9. The second-order valence-corrected chi connectivity index (χ2v) is 22.2. The van der Waals surface area contributed by atoms with Crippen LogP contribution >= 0.6 is 46.4 Å². The van der Waals surface area contributed by atoms with Gasteiger partial charge in [0.15, 0.2) is 0 Å². The summed E-state index contributed by atoms with van der Waals surface area (Å²) in [5, 5.41) is 16.1. The van der Waals surface area contributed by atoms with Gasteiger partial charge in [0.25, 0.3) is 0 Å². The number of likely N-dealkylation sites (tertiary alicyclic amines) is 1. The lowest BCUT2D eigenvalue weighted by Gasteiger charge is -2.32. The fourth-order valence-corrected chi connectivity index (χ4v) is 12.3. The van der Waals surface area contributed by atoms with Crippen LogP contribution in [0.5, 0.6) is 0 Å². The highest BCUT2D eigenvalue weighted by molar-refractivity contribution is 6.39. The number of aryl methyl sites for hydroxylation is 2. The lowest BCUT2D eigenvalue weighted by molar-refractivity contribution is -0.107. The van der Waals surface area contributed by atoms with Crippen LogP contribution in [0.1, 0.15) is 130 Å². The zero-order valence-electron chi connectivity index (χ0n) is 43.7. The van der Waals surface area contributed by atoms with E-state index >= 15 is 0 Å². The number of halogens is 4. The molecule has 0 spiro atoms. The maximum absolute atomic E-state index is 12.1. The van der Waals surface area contributed by atoms with Crippen LogP contribution in [-0.4, -0.2) is 89.5 Å². The van der Waals surface area contributed by atoms with E-state index in [0.29, 0.717) is 66.1 Å². The van der Waals surface area contributed by atoms with Gasteiger partial charge in [0.1, 0.15) is 29.2 Å². The summed E-state index contributed by atoms with van der Waals surface area (Å²) in [7, 11) is 6.79. The van der Waals surface area contributed by atoms with Gasteiger partial charge >= 0.3 is 11.9 Å². The van der Waals surface area contributed by atoms with Crippen LogP contribution in [0.3, 0.4) is 0 Å². The molecule has 2 aliphatic carbocycles. The van der Waals surface area contributed by atoms with E-state index in [-0.39, 0.29) is 18.4 Å². The topological polar surface area (TPSA) is 147 Å². The van der Waals surface area contributed by atoms with Crippen molar-refractivity contribution in [2.45, 2.75) is 87.9 Å². The summed E-state index contributed by atoms with van der Waals surface area (Å²) in [6.45, 7) is 5.19. The maximum Gasteiger partial charge on any atom is 0.340 e. The third-order valence-electron chi connectivity index (χ3n) is 15.6. The number of carbonyl (C=O) groups is 3. The van der Waals surface area contributed by atoms with Crippen molar-refractivity contribution in [3.63, 3.8) is 0 Å².